The number of halogens is 1. The highest BCUT2D eigenvalue weighted by molar-refractivity contribution is 6.32. The van der Waals surface area contributed by atoms with E-state index in [-0.39, 0.29) is 10.7 Å². The number of nitro groups is 1. The van der Waals surface area contributed by atoms with Crippen molar-refractivity contribution in [2.45, 2.75) is 6.54 Å². The number of hydrogen-bond acceptors (Lipinski definition) is 5. The highest BCUT2D eigenvalue weighted by Gasteiger charge is 2.12. The van der Waals surface area contributed by atoms with Crippen LogP contribution >= 0.6 is 11.6 Å². The van der Waals surface area contributed by atoms with Crippen LogP contribution in [0.15, 0.2) is 36.5 Å². The fourth-order valence-electron chi connectivity index (χ4n) is 1.63. The number of aromatic nitrogens is 1. The van der Waals surface area contributed by atoms with Gasteiger partial charge in [0.05, 0.1) is 9.95 Å². The average Bonchev–Trinajstić information content (AvgIpc) is 2.43. The number of nitrogens with one attached hydrogen (secondary N) is 1. The zero-order chi connectivity index (χ0) is 14.5. The molecular weight excluding hydrogens is 282 g/mol. The molecule has 6 nitrogen and oxygen atoms in total. The number of ether oxygens (including phenoxy) is 1. The summed E-state index contributed by atoms with van der Waals surface area (Å²) in [6, 6.07) is 7.72. The molecule has 7 heteroatoms. The van der Waals surface area contributed by atoms with E-state index in [4.69, 9.17) is 16.3 Å². The maximum absolute atomic E-state index is 10.6. The van der Waals surface area contributed by atoms with Crippen LogP contribution in [0.1, 0.15) is 5.56 Å². The van der Waals surface area contributed by atoms with Crippen LogP contribution in [0, 0.1) is 10.1 Å². The number of nitrogens with zero attached hydrogens (tertiary/aromatic N) is 2. The van der Waals surface area contributed by atoms with Gasteiger partial charge in [0.25, 0.3) is 5.69 Å². The van der Waals surface area contributed by atoms with Gasteiger partial charge in [-0.3, -0.25) is 10.1 Å². The van der Waals surface area contributed by atoms with Gasteiger partial charge in [0.1, 0.15) is 5.75 Å². The molecule has 0 aliphatic heterocycles. The quantitative estimate of drug-likeness (QED) is 0.677. The maximum atomic E-state index is 10.6. The van der Waals surface area contributed by atoms with Crippen molar-refractivity contribution < 1.29 is 9.66 Å². The Morgan fingerprint density at radius 1 is 1.45 bits per heavy atom. The number of non-ortho nitro benzene ring substituents is 1. The van der Waals surface area contributed by atoms with Crippen LogP contribution in [0.25, 0.3) is 0 Å². The molecule has 0 saturated heterocycles. The lowest BCUT2D eigenvalue weighted by molar-refractivity contribution is -0.384. The molecule has 2 aromatic rings. The number of pyridine rings is 1. The minimum absolute atomic E-state index is 0.0844. The Kier molecular flexibility index (Phi) is 4.49. The Hall–Kier alpha value is -2.18. The van der Waals surface area contributed by atoms with E-state index in [9.17, 15) is 10.1 Å². The summed E-state index contributed by atoms with van der Waals surface area (Å²) < 4.78 is 5.62. The van der Waals surface area contributed by atoms with Crippen molar-refractivity contribution in [3.8, 4) is 11.6 Å². The summed E-state index contributed by atoms with van der Waals surface area (Å²) in [7, 11) is 1.82. The summed E-state index contributed by atoms with van der Waals surface area (Å²) in [6.45, 7) is 0.591. The van der Waals surface area contributed by atoms with Gasteiger partial charge < -0.3 is 10.1 Å². The molecule has 0 saturated carbocycles. The predicted molar refractivity (Wildman–Crippen MR) is 75.2 cm³/mol. The predicted octanol–water partition coefficient (Wildman–Crippen LogP) is 3.15. The molecule has 1 aromatic heterocycles. The molecule has 1 N–H and O–H groups in total. The van der Waals surface area contributed by atoms with Crippen molar-refractivity contribution >= 4 is 17.3 Å². The first-order valence-corrected chi connectivity index (χ1v) is 6.20. The standard InChI is InChI=1S/C13H12ClN3O3/c1-15-8-9-3-2-6-16-13(9)20-12-5-4-10(17(18)19)7-11(12)14/h2-7,15H,8H2,1H3. The molecule has 0 aliphatic carbocycles. The molecule has 0 atom stereocenters. The fraction of sp³-hybridized carbons (Fsp3) is 0.154. The van der Waals surface area contributed by atoms with E-state index >= 15 is 0 Å². The van der Waals surface area contributed by atoms with Crippen LogP contribution in [-0.2, 0) is 6.54 Å². The minimum Gasteiger partial charge on any atom is -0.437 e. The first-order valence-electron chi connectivity index (χ1n) is 5.82. The van der Waals surface area contributed by atoms with Crippen molar-refractivity contribution in [3.63, 3.8) is 0 Å². The van der Waals surface area contributed by atoms with Gasteiger partial charge in [-0.2, -0.15) is 0 Å². The van der Waals surface area contributed by atoms with Crippen LogP contribution in [0.3, 0.4) is 0 Å². The lowest BCUT2D eigenvalue weighted by Gasteiger charge is -2.10. The van der Waals surface area contributed by atoms with E-state index < -0.39 is 4.92 Å². The highest BCUT2D eigenvalue weighted by Crippen LogP contribution is 2.32. The van der Waals surface area contributed by atoms with Crippen LogP contribution in [-0.4, -0.2) is 17.0 Å². The Morgan fingerprint density at radius 3 is 2.90 bits per heavy atom. The topological polar surface area (TPSA) is 77.3 Å². The average molecular weight is 294 g/mol. The maximum Gasteiger partial charge on any atom is 0.271 e. The molecular formula is C13H12ClN3O3. The number of rotatable bonds is 5. The van der Waals surface area contributed by atoms with E-state index in [2.05, 4.69) is 10.3 Å². The van der Waals surface area contributed by atoms with Gasteiger partial charge in [-0.05, 0) is 19.2 Å². The fourth-order valence-corrected chi connectivity index (χ4v) is 1.84. The summed E-state index contributed by atoms with van der Waals surface area (Å²) in [5, 5.41) is 13.8. The lowest BCUT2D eigenvalue weighted by atomic mass is 10.2. The lowest BCUT2D eigenvalue weighted by Crippen LogP contribution is -2.07. The third-order valence-corrected chi connectivity index (χ3v) is 2.85. The van der Waals surface area contributed by atoms with Gasteiger partial charge >= 0.3 is 0 Å². The third kappa shape index (κ3) is 3.23. The van der Waals surface area contributed by atoms with Gasteiger partial charge in [0.2, 0.25) is 5.88 Å². The molecule has 0 spiro atoms. The first-order chi connectivity index (χ1) is 9.61. The van der Waals surface area contributed by atoms with Gasteiger partial charge in [-0.1, -0.05) is 17.7 Å². The van der Waals surface area contributed by atoms with Crippen LogP contribution < -0.4 is 10.1 Å². The second kappa shape index (κ2) is 6.31. The molecule has 0 bridgehead atoms. The first kappa shape index (κ1) is 14.2. The molecule has 20 heavy (non-hydrogen) atoms. The molecule has 1 heterocycles. The Bertz CT molecular complexity index is 634. The summed E-state index contributed by atoms with van der Waals surface area (Å²) in [5.41, 5.74) is 0.781. The summed E-state index contributed by atoms with van der Waals surface area (Å²) in [4.78, 5) is 14.3. The Labute approximate surface area is 120 Å². The second-order valence-corrected chi connectivity index (χ2v) is 4.38. The van der Waals surface area contributed by atoms with Gasteiger partial charge in [0.15, 0.2) is 0 Å². The molecule has 0 radical (unpaired) electrons. The molecule has 0 fully saturated rings. The Balaban J connectivity index is 2.28. The van der Waals surface area contributed by atoms with Gasteiger partial charge in [-0.25, -0.2) is 4.98 Å². The molecule has 0 amide bonds. The summed E-state index contributed by atoms with van der Waals surface area (Å²) in [6.07, 6.45) is 1.60. The summed E-state index contributed by atoms with van der Waals surface area (Å²) >= 11 is 5.98. The highest BCUT2D eigenvalue weighted by atomic mass is 35.5. The Morgan fingerprint density at radius 2 is 2.25 bits per heavy atom. The van der Waals surface area contributed by atoms with Crippen molar-refractivity contribution in [1.82, 2.24) is 10.3 Å². The van der Waals surface area contributed by atoms with E-state index in [0.29, 0.717) is 18.2 Å². The number of hydrogen-bond donors (Lipinski definition) is 1. The molecule has 1 aromatic carbocycles. The van der Waals surface area contributed by atoms with Crippen molar-refractivity contribution in [1.29, 1.82) is 0 Å². The van der Waals surface area contributed by atoms with E-state index in [1.54, 1.807) is 12.3 Å². The molecule has 104 valence electrons. The van der Waals surface area contributed by atoms with Crippen molar-refractivity contribution in [3.05, 3.63) is 57.2 Å². The summed E-state index contributed by atoms with van der Waals surface area (Å²) in [5.74, 6) is 0.742. The van der Waals surface area contributed by atoms with Crippen LogP contribution in [0.4, 0.5) is 5.69 Å². The zero-order valence-corrected chi connectivity index (χ0v) is 11.4. The molecule has 2 rings (SSSR count). The van der Waals surface area contributed by atoms with Gasteiger partial charge in [0, 0.05) is 30.4 Å². The minimum atomic E-state index is -0.511. The monoisotopic (exact) mass is 293 g/mol. The largest absolute Gasteiger partial charge is 0.437 e. The van der Waals surface area contributed by atoms with Crippen molar-refractivity contribution in [2.75, 3.05) is 7.05 Å². The van der Waals surface area contributed by atoms with E-state index in [1.165, 1.54) is 18.2 Å². The second-order valence-electron chi connectivity index (χ2n) is 3.97. The third-order valence-electron chi connectivity index (χ3n) is 2.55. The normalized spacial score (nSPS) is 10.3. The molecule has 0 unspecified atom stereocenters. The zero-order valence-electron chi connectivity index (χ0n) is 10.7. The van der Waals surface area contributed by atoms with E-state index in [0.717, 1.165) is 5.56 Å². The SMILES string of the molecule is CNCc1cccnc1Oc1ccc([N+](=O)[O-])cc1Cl. The smallest absolute Gasteiger partial charge is 0.271 e. The van der Waals surface area contributed by atoms with Crippen LogP contribution in [0.5, 0.6) is 11.6 Å². The number of benzene rings is 1. The molecule has 0 aliphatic rings. The number of nitro benzene ring substituents is 1. The van der Waals surface area contributed by atoms with Crippen molar-refractivity contribution in [2.24, 2.45) is 0 Å². The van der Waals surface area contributed by atoms with E-state index in [1.807, 2.05) is 13.1 Å². The van der Waals surface area contributed by atoms with Gasteiger partial charge in [-0.15, -0.1) is 0 Å². The van der Waals surface area contributed by atoms with Crippen LogP contribution in [0.2, 0.25) is 5.02 Å².